The smallest absolute Gasteiger partial charge is 0.337 e. The molecule has 2 heterocycles. The predicted octanol–water partition coefficient (Wildman–Crippen LogP) is 1.70. The van der Waals surface area contributed by atoms with Crippen LogP contribution in [0.4, 0.5) is 11.4 Å². The van der Waals surface area contributed by atoms with Crippen molar-refractivity contribution in [3.05, 3.63) is 23.8 Å². The van der Waals surface area contributed by atoms with Gasteiger partial charge in [-0.2, -0.15) is 0 Å². The molecule has 1 aromatic rings. The summed E-state index contributed by atoms with van der Waals surface area (Å²) >= 11 is 0. The number of carboxylic acid groups (broad SMARTS) is 1. The molecule has 0 aliphatic carbocycles. The highest BCUT2D eigenvalue weighted by Gasteiger charge is 2.41. The molecule has 3 atom stereocenters. The molecule has 0 saturated carbocycles. The van der Waals surface area contributed by atoms with E-state index in [1.54, 1.807) is 18.2 Å². The molecule has 96 valence electrons. The molecule has 5 nitrogen and oxygen atoms in total. The second-order valence-electron chi connectivity index (χ2n) is 4.94. The van der Waals surface area contributed by atoms with Gasteiger partial charge in [0, 0.05) is 0 Å². The third kappa shape index (κ3) is 1.80. The summed E-state index contributed by atoms with van der Waals surface area (Å²) in [5, 5.41) is 12.4. The largest absolute Gasteiger partial charge is 0.478 e. The molecule has 0 spiro atoms. The van der Waals surface area contributed by atoms with Crippen molar-refractivity contribution < 1.29 is 14.6 Å². The van der Waals surface area contributed by atoms with E-state index in [1.165, 1.54) is 0 Å². The lowest BCUT2D eigenvalue weighted by molar-refractivity contribution is 0.0697. The molecule has 2 aliphatic rings. The number of nitrogens with two attached hydrogens (primary N) is 1. The minimum Gasteiger partial charge on any atom is -0.478 e. The Labute approximate surface area is 105 Å². The summed E-state index contributed by atoms with van der Waals surface area (Å²) in [4.78, 5) is 11.2. The van der Waals surface area contributed by atoms with Gasteiger partial charge in [0.15, 0.2) is 0 Å². The van der Waals surface area contributed by atoms with E-state index in [0.29, 0.717) is 17.5 Å². The standard InChI is InChI=1S/C13H16N2O3/c14-9-3-1-2-8(13(16)17)12(9)15-10-6-7-4-5-11(10)18-7/h1-3,7,10-11,15H,4-6,14H2,(H,16,17). The number of rotatable bonds is 3. The van der Waals surface area contributed by atoms with Crippen LogP contribution in [-0.2, 0) is 4.74 Å². The van der Waals surface area contributed by atoms with Crippen LogP contribution >= 0.6 is 0 Å². The third-order valence-electron chi connectivity index (χ3n) is 3.76. The van der Waals surface area contributed by atoms with E-state index in [1.807, 2.05) is 0 Å². The van der Waals surface area contributed by atoms with Crippen LogP contribution in [0.15, 0.2) is 18.2 Å². The van der Waals surface area contributed by atoms with Gasteiger partial charge in [-0.25, -0.2) is 4.79 Å². The van der Waals surface area contributed by atoms with Crippen LogP contribution in [0.25, 0.3) is 0 Å². The maximum atomic E-state index is 11.2. The molecular formula is C13H16N2O3. The number of hydrogen-bond acceptors (Lipinski definition) is 4. The first-order valence-electron chi connectivity index (χ1n) is 6.19. The number of nitrogens with one attached hydrogen (secondary N) is 1. The Bertz CT molecular complexity index is 489. The van der Waals surface area contributed by atoms with Crippen LogP contribution in [-0.4, -0.2) is 29.3 Å². The fourth-order valence-electron chi connectivity index (χ4n) is 2.88. The zero-order chi connectivity index (χ0) is 12.7. The molecule has 18 heavy (non-hydrogen) atoms. The first-order valence-corrected chi connectivity index (χ1v) is 6.19. The van der Waals surface area contributed by atoms with E-state index in [0.717, 1.165) is 19.3 Å². The summed E-state index contributed by atoms with van der Waals surface area (Å²) in [6.07, 6.45) is 3.59. The molecule has 3 unspecified atom stereocenters. The SMILES string of the molecule is Nc1cccc(C(=O)O)c1NC1CC2CCC1O2. The first-order chi connectivity index (χ1) is 8.65. The maximum absolute atomic E-state index is 11.2. The van der Waals surface area contributed by atoms with Crippen LogP contribution in [0.2, 0.25) is 0 Å². The van der Waals surface area contributed by atoms with Gasteiger partial charge in [-0.1, -0.05) is 6.07 Å². The Morgan fingerprint density at radius 1 is 1.44 bits per heavy atom. The lowest BCUT2D eigenvalue weighted by Gasteiger charge is -2.23. The molecule has 2 saturated heterocycles. The number of hydrogen-bond donors (Lipinski definition) is 3. The number of ether oxygens (including phenoxy) is 1. The van der Waals surface area contributed by atoms with Crippen LogP contribution in [0, 0.1) is 0 Å². The average Bonchev–Trinajstić information content (AvgIpc) is 2.93. The van der Waals surface area contributed by atoms with E-state index in [-0.39, 0.29) is 17.7 Å². The quantitative estimate of drug-likeness (QED) is 0.709. The number of carbonyl (C=O) groups is 1. The second-order valence-corrected chi connectivity index (χ2v) is 4.94. The monoisotopic (exact) mass is 248 g/mol. The molecule has 3 rings (SSSR count). The number of nitrogen functional groups attached to an aromatic ring is 1. The highest BCUT2D eigenvalue weighted by Crippen LogP contribution is 2.37. The summed E-state index contributed by atoms with van der Waals surface area (Å²) in [5.74, 6) is -0.964. The topological polar surface area (TPSA) is 84.6 Å². The van der Waals surface area contributed by atoms with Gasteiger partial charge in [0.1, 0.15) is 0 Å². The molecule has 0 aromatic heterocycles. The molecular weight excluding hydrogens is 232 g/mol. The number of aromatic carboxylic acids is 1. The van der Waals surface area contributed by atoms with Crippen molar-refractivity contribution in [2.45, 2.75) is 37.5 Å². The van der Waals surface area contributed by atoms with Crippen LogP contribution in [0.1, 0.15) is 29.6 Å². The Kier molecular flexibility index (Phi) is 2.63. The third-order valence-corrected chi connectivity index (χ3v) is 3.76. The number of para-hydroxylation sites is 1. The Hall–Kier alpha value is -1.75. The van der Waals surface area contributed by atoms with E-state index >= 15 is 0 Å². The minimum atomic E-state index is -0.964. The van der Waals surface area contributed by atoms with Gasteiger partial charge in [-0.3, -0.25) is 0 Å². The highest BCUT2D eigenvalue weighted by molar-refractivity contribution is 5.97. The summed E-state index contributed by atoms with van der Waals surface area (Å²) < 4.78 is 5.75. The number of carboxylic acids is 1. The van der Waals surface area contributed by atoms with Gasteiger partial charge in [0.05, 0.1) is 35.2 Å². The average molecular weight is 248 g/mol. The van der Waals surface area contributed by atoms with Crippen LogP contribution in [0.3, 0.4) is 0 Å². The molecule has 2 fully saturated rings. The highest BCUT2D eigenvalue weighted by atomic mass is 16.5. The van der Waals surface area contributed by atoms with E-state index in [4.69, 9.17) is 15.6 Å². The Balaban J connectivity index is 1.86. The van der Waals surface area contributed by atoms with Crippen molar-refractivity contribution >= 4 is 17.3 Å². The number of anilines is 2. The lowest BCUT2D eigenvalue weighted by atomic mass is 9.95. The van der Waals surface area contributed by atoms with E-state index < -0.39 is 5.97 Å². The Morgan fingerprint density at radius 2 is 2.28 bits per heavy atom. The van der Waals surface area contributed by atoms with Crippen molar-refractivity contribution in [2.24, 2.45) is 0 Å². The van der Waals surface area contributed by atoms with E-state index in [9.17, 15) is 4.79 Å². The molecule has 1 aromatic carbocycles. The zero-order valence-electron chi connectivity index (χ0n) is 9.93. The predicted molar refractivity (Wildman–Crippen MR) is 67.7 cm³/mol. The number of benzene rings is 1. The number of fused-ring (bicyclic) bond motifs is 2. The van der Waals surface area contributed by atoms with Gasteiger partial charge in [0.25, 0.3) is 0 Å². The van der Waals surface area contributed by atoms with Crippen molar-refractivity contribution in [2.75, 3.05) is 11.1 Å². The van der Waals surface area contributed by atoms with Gasteiger partial charge in [0.2, 0.25) is 0 Å². The molecule has 2 bridgehead atoms. The van der Waals surface area contributed by atoms with Gasteiger partial charge in [-0.05, 0) is 31.4 Å². The summed E-state index contributed by atoms with van der Waals surface area (Å²) in [6, 6.07) is 5.10. The van der Waals surface area contributed by atoms with Crippen molar-refractivity contribution in [1.29, 1.82) is 0 Å². The summed E-state index contributed by atoms with van der Waals surface area (Å²) in [5.41, 5.74) is 7.08. The molecule has 2 aliphatic heterocycles. The van der Waals surface area contributed by atoms with Gasteiger partial charge in [-0.15, -0.1) is 0 Å². The van der Waals surface area contributed by atoms with Crippen molar-refractivity contribution in [3.8, 4) is 0 Å². The minimum absolute atomic E-state index is 0.173. The fraction of sp³-hybridized carbons (Fsp3) is 0.462. The second kappa shape index (κ2) is 4.17. The molecule has 0 amide bonds. The first kappa shape index (κ1) is 11.3. The van der Waals surface area contributed by atoms with Crippen LogP contribution in [0.5, 0.6) is 0 Å². The molecule has 5 heteroatoms. The zero-order valence-corrected chi connectivity index (χ0v) is 9.93. The summed E-state index contributed by atoms with van der Waals surface area (Å²) in [6.45, 7) is 0. The Morgan fingerprint density at radius 3 is 2.89 bits per heavy atom. The maximum Gasteiger partial charge on any atom is 0.337 e. The van der Waals surface area contributed by atoms with Gasteiger partial charge >= 0.3 is 5.97 Å². The normalized spacial score (nSPS) is 29.4. The van der Waals surface area contributed by atoms with Crippen molar-refractivity contribution in [3.63, 3.8) is 0 Å². The molecule has 0 radical (unpaired) electrons. The summed E-state index contributed by atoms with van der Waals surface area (Å²) in [7, 11) is 0. The van der Waals surface area contributed by atoms with E-state index in [2.05, 4.69) is 5.32 Å². The fourth-order valence-corrected chi connectivity index (χ4v) is 2.88. The lowest BCUT2D eigenvalue weighted by Crippen LogP contribution is -2.31. The van der Waals surface area contributed by atoms with Gasteiger partial charge < -0.3 is 20.9 Å². The van der Waals surface area contributed by atoms with Crippen molar-refractivity contribution in [1.82, 2.24) is 0 Å². The molecule has 4 N–H and O–H groups in total. The van der Waals surface area contributed by atoms with Crippen LogP contribution < -0.4 is 11.1 Å².